The maximum atomic E-state index is 11.6. The van der Waals surface area contributed by atoms with Gasteiger partial charge < -0.3 is 10.6 Å². The molecular weight excluding hydrogens is 264 g/mol. The zero-order valence-electron chi connectivity index (χ0n) is 11.7. The first-order chi connectivity index (χ1) is 10.2. The summed E-state index contributed by atoms with van der Waals surface area (Å²) in [6.45, 7) is 1.91. The molecule has 0 heterocycles. The van der Waals surface area contributed by atoms with Crippen molar-refractivity contribution < 1.29 is 9.63 Å². The van der Waals surface area contributed by atoms with Crippen LogP contribution in [0.25, 0.3) is 6.08 Å². The molecular formula is C17H16N2O2. The van der Waals surface area contributed by atoms with E-state index in [-0.39, 0.29) is 5.84 Å². The second-order valence-electron chi connectivity index (χ2n) is 4.45. The maximum Gasteiger partial charge on any atom is 0.358 e. The SMILES string of the molecule is Cc1ccccc1/C(N)=N/OC(=O)/C=C/c1ccccc1. The van der Waals surface area contributed by atoms with Gasteiger partial charge in [-0.1, -0.05) is 59.8 Å². The Morgan fingerprint density at radius 2 is 1.76 bits per heavy atom. The lowest BCUT2D eigenvalue weighted by molar-refractivity contribution is -0.137. The van der Waals surface area contributed by atoms with Crippen molar-refractivity contribution in [1.29, 1.82) is 0 Å². The van der Waals surface area contributed by atoms with Crippen molar-refractivity contribution in [1.82, 2.24) is 0 Å². The number of carbonyl (C=O) groups is 1. The molecule has 0 atom stereocenters. The molecule has 4 nitrogen and oxygen atoms in total. The number of carbonyl (C=O) groups excluding carboxylic acids is 1. The van der Waals surface area contributed by atoms with Gasteiger partial charge >= 0.3 is 5.97 Å². The molecule has 106 valence electrons. The van der Waals surface area contributed by atoms with E-state index in [0.29, 0.717) is 0 Å². The number of hydrogen-bond acceptors (Lipinski definition) is 3. The van der Waals surface area contributed by atoms with Gasteiger partial charge in [-0.05, 0) is 24.1 Å². The van der Waals surface area contributed by atoms with Gasteiger partial charge in [0.05, 0.1) is 0 Å². The molecule has 0 aliphatic heterocycles. The van der Waals surface area contributed by atoms with Crippen LogP contribution in [0.15, 0.2) is 65.8 Å². The Morgan fingerprint density at radius 3 is 2.48 bits per heavy atom. The minimum atomic E-state index is -0.574. The van der Waals surface area contributed by atoms with E-state index >= 15 is 0 Å². The number of oxime groups is 1. The first kappa shape index (κ1) is 14.5. The summed E-state index contributed by atoms with van der Waals surface area (Å²) in [6, 6.07) is 16.9. The van der Waals surface area contributed by atoms with Gasteiger partial charge in [0.2, 0.25) is 0 Å². The van der Waals surface area contributed by atoms with Crippen molar-refractivity contribution in [2.45, 2.75) is 6.92 Å². The third-order valence-electron chi connectivity index (χ3n) is 2.87. The molecule has 2 rings (SSSR count). The fraction of sp³-hybridized carbons (Fsp3) is 0.0588. The van der Waals surface area contributed by atoms with Crippen molar-refractivity contribution in [2.75, 3.05) is 0 Å². The molecule has 0 spiro atoms. The topological polar surface area (TPSA) is 64.7 Å². The summed E-state index contributed by atoms with van der Waals surface area (Å²) in [6.07, 6.45) is 2.96. The molecule has 0 amide bonds. The Labute approximate surface area is 123 Å². The zero-order valence-corrected chi connectivity index (χ0v) is 11.7. The number of nitrogens with two attached hydrogens (primary N) is 1. The van der Waals surface area contributed by atoms with Gasteiger partial charge in [-0.3, -0.25) is 0 Å². The highest BCUT2D eigenvalue weighted by atomic mass is 16.7. The van der Waals surface area contributed by atoms with Gasteiger partial charge in [-0.25, -0.2) is 4.79 Å². The lowest BCUT2D eigenvalue weighted by Crippen LogP contribution is -2.16. The molecule has 2 N–H and O–H groups in total. The molecule has 0 saturated carbocycles. The third-order valence-corrected chi connectivity index (χ3v) is 2.87. The lowest BCUT2D eigenvalue weighted by atomic mass is 10.1. The average molecular weight is 280 g/mol. The predicted molar refractivity (Wildman–Crippen MR) is 83.5 cm³/mol. The van der Waals surface area contributed by atoms with E-state index in [2.05, 4.69) is 5.16 Å². The Bertz CT molecular complexity index is 676. The third kappa shape index (κ3) is 4.31. The molecule has 0 fully saturated rings. The molecule has 0 aliphatic rings. The molecule has 0 aliphatic carbocycles. The fourth-order valence-electron chi connectivity index (χ4n) is 1.76. The van der Waals surface area contributed by atoms with Crippen LogP contribution in [0.3, 0.4) is 0 Å². The van der Waals surface area contributed by atoms with Crippen LogP contribution in [0, 0.1) is 6.92 Å². The van der Waals surface area contributed by atoms with Crippen LogP contribution < -0.4 is 5.73 Å². The van der Waals surface area contributed by atoms with Crippen LogP contribution in [0.5, 0.6) is 0 Å². The van der Waals surface area contributed by atoms with Crippen LogP contribution in [0.2, 0.25) is 0 Å². The summed E-state index contributed by atoms with van der Waals surface area (Å²) in [7, 11) is 0. The van der Waals surface area contributed by atoms with Crippen LogP contribution >= 0.6 is 0 Å². The van der Waals surface area contributed by atoms with E-state index < -0.39 is 5.97 Å². The molecule has 2 aromatic rings. The van der Waals surface area contributed by atoms with Crippen molar-refractivity contribution in [3.05, 3.63) is 77.4 Å². The van der Waals surface area contributed by atoms with Crippen LogP contribution in [0.1, 0.15) is 16.7 Å². The van der Waals surface area contributed by atoms with Crippen LogP contribution in [-0.2, 0) is 9.63 Å². The number of hydrogen-bond donors (Lipinski definition) is 1. The quantitative estimate of drug-likeness (QED) is 0.308. The number of benzene rings is 2. The summed E-state index contributed by atoms with van der Waals surface area (Å²) in [5.41, 5.74) is 8.42. The molecule has 0 unspecified atom stereocenters. The Kier molecular flexibility index (Phi) is 4.88. The van der Waals surface area contributed by atoms with E-state index in [1.54, 1.807) is 6.08 Å². The second kappa shape index (κ2) is 7.05. The summed E-state index contributed by atoms with van der Waals surface area (Å²) >= 11 is 0. The fourth-order valence-corrected chi connectivity index (χ4v) is 1.76. The highest BCUT2D eigenvalue weighted by molar-refractivity contribution is 5.99. The summed E-state index contributed by atoms with van der Waals surface area (Å²) in [4.78, 5) is 16.3. The molecule has 0 aromatic heterocycles. The minimum absolute atomic E-state index is 0.176. The first-order valence-corrected chi connectivity index (χ1v) is 6.50. The van der Waals surface area contributed by atoms with Gasteiger partial charge in [0.25, 0.3) is 0 Å². The van der Waals surface area contributed by atoms with Crippen molar-refractivity contribution >= 4 is 17.9 Å². The van der Waals surface area contributed by atoms with Gasteiger partial charge in [-0.15, -0.1) is 0 Å². The molecule has 0 saturated heterocycles. The standard InChI is InChI=1S/C17H16N2O2/c1-13-7-5-6-10-15(13)17(18)19-21-16(20)12-11-14-8-3-2-4-9-14/h2-12H,1H3,(H2,18,19)/b12-11+. The molecule has 2 aromatic carbocycles. The van der Waals surface area contributed by atoms with Crippen molar-refractivity contribution in [2.24, 2.45) is 10.9 Å². The Balaban J connectivity index is 1.99. The van der Waals surface area contributed by atoms with E-state index in [9.17, 15) is 4.79 Å². The Hall–Kier alpha value is -2.88. The van der Waals surface area contributed by atoms with E-state index in [0.717, 1.165) is 16.7 Å². The second-order valence-corrected chi connectivity index (χ2v) is 4.45. The highest BCUT2D eigenvalue weighted by Gasteiger charge is 2.03. The van der Waals surface area contributed by atoms with Crippen molar-refractivity contribution in [3.63, 3.8) is 0 Å². The Morgan fingerprint density at radius 1 is 1.10 bits per heavy atom. The van der Waals surface area contributed by atoms with E-state index in [1.165, 1.54) is 6.08 Å². The summed E-state index contributed by atoms with van der Waals surface area (Å²) < 4.78 is 0. The number of aryl methyl sites for hydroxylation is 1. The first-order valence-electron chi connectivity index (χ1n) is 6.50. The van der Waals surface area contributed by atoms with Crippen molar-refractivity contribution in [3.8, 4) is 0 Å². The van der Waals surface area contributed by atoms with Gasteiger partial charge in [-0.2, -0.15) is 0 Å². The molecule has 0 radical (unpaired) electrons. The molecule has 4 heteroatoms. The average Bonchev–Trinajstić information content (AvgIpc) is 2.52. The van der Waals surface area contributed by atoms with Gasteiger partial charge in [0, 0.05) is 11.6 Å². The molecule has 0 bridgehead atoms. The van der Waals surface area contributed by atoms with Gasteiger partial charge in [0.1, 0.15) is 0 Å². The van der Waals surface area contributed by atoms with Gasteiger partial charge in [0.15, 0.2) is 5.84 Å². The normalized spacial score (nSPS) is 11.6. The number of rotatable bonds is 4. The van der Waals surface area contributed by atoms with Crippen LogP contribution in [-0.4, -0.2) is 11.8 Å². The zero-order chi connectivity index (χ0) is 15.1. The monoisotopic (exact) mass is 280 g/mol. The smallest absolute Gasteiger partial charge is 0.358 e. The maximum absolute atomic E-state index is 11.6. The summed E-state index contributed by atoms with van der Waals surface area (Å²) in [5.74, 6) is -0.398. The largest absolute Gasteiger partial charge is 0.380 e. The molecule has 21 heavy (non-hydrogen) atoms. The minimum Gasteiger partial charge on any atom is -0.380 e. The van der Waals surface area contributed by atoms with Crippen LogP contribution in [0.4, 0.5) is 0 Å². The number of amidine groups is 1. The lowest BCUT2D eigenvalue weighted by Gasteiger charge is -2.03. The highest BCUT2D eigenvalue weighted by Crippen LogP contribution is 2.06. The van der Waals surface area contributed by atoms with E-state index in [1.807, 2.05) is 61.5 Å². The number of nitrogens with zero attached hydrogens (tertiary/aromatic N) is 1. The predicted octanol–water partition coefficient (Wildman–Crippen LogP) is 2.87. The summed E-state index contributed by atoms with van der Waals surface area (Å²) in [5, 5.41) is 3.66. The van der Waals surface area contributed by atoms with E-state index in [4.69, 9.17) is 10.6 Å².